The van der Waals surface area contributed by atoms with Crippen LogP contribution in [0.25, 0.3) is 0 Å². The highest BCUT2D eigenvalue weighted by Crippen LogP contribution is 2.25. The van der Waals surface area contributed by atoms with Crippen molar-refractivity contribution in [3.8, 4) is 5.75 Å². The van der Waals surface area contributed by atoms with E-state index in [9.17, 15) is 0 Å². The van der Waals surface area contributed by atoms with Gasteiger partial charge in [-0.15, -0.1) is 10.2 Å². The number of nitrogens with zero attached hydrogens (tertiary/aromatic N) is 3. The van der Waals surface area contributed by atoms with Crippen molar-refractivity contribution in [2.75, 3.05) is 5.84 Å². The topological polar surface area (TPSA) is 66.0 Å². The Hall–Kier alpha value is -1.69. The van der Waals surface area contributed by atoms with E-state index >= 15 is 0 Å². The highest BCUT2D eigenvalue weighted by atomic mass is 32.2. The van der Waals surface area contributed by atoms with Crippen LogP contribution >= 0.6 is 11.8 Å². The molecule has 126 valence electrons. The first-order valence-corrected chi connectivity index (χ1v) is 8.78. The Kier molecular flexibility index (Phi) is 5.57. The number of rotatable bonds is 6. The highest BCUT2D eigenvalue weighted by molar-refractivity contribution is 7.99. The summed E-state index contributed by atoms with van der Waals surface area (Å²) in [5, 5.41) is 9.43. The quantitative estimate of drug-likeness (QED) is 0.643. The lowest BCUT2D eigenvalue weighted by Gasteiger charge is -2.19. The van der Waals surface area contributed by atoms with E-state index < -0.39 is 0 Å². The molecule has 1 atom stereocenters. The molecule has 0 amide bonds. The number of nitrogens with two attached hydrogens (primary N) is 1. The molecule has 0 bridgehead atoms. The normalized spacial score (nSPS) is 13.1. The van der Waals surface area contributed by atoms with E-state index in [-0.39, 0.29) is 5.41 Å². The maximum absolute atomic E-state index is 6.04. The smallest absolute Gasteiger partial charge is 0.210 e. The van der Waals surface area contributed by atoms with Crippen LogP contribution in [-0.2, 0) is 12.0 Å². The van der Waals surface area contributed by atoms with Gasteiger partial charge in [-0.05, 0) is 29.5 Å². The third-order valence-electron chi connectivity index (χ3n) is 3.70. The molecule has 23 heavy (non-hydrogen) atoms. The van der Waals surface area contributed by atoms with E-state index in [0.29, 0.717) is 17.7 Å². The van der Waals surface area contributed by atoms with Crippen molar-refractivity contribution in [2.24, 2.45) is 0 Å². The van der Waals surface area contributed by atoms with Crippen molar-refractivity contribution in [3.05, 3.63) is 35.7 Å². The molecule has 5 nitrogen and oxygen atoms in total. The van der Waals surface area contributed by atoms with Crippen molar-refractivity contribution in [2.45, 2.75) is 63.5 Å². The van der Waals surface area contributed by atoms with E-state index in [4.69, 9.17) is 10.6 Å². The van der Waals surface area contributed by atoms with E-state index in [0.717, 1.165) is 17.3 Å². The fourth-order valence-corrected chi connectivity index (χ4v) is 2.78. The summed E-state index contributed by atoms with van der Waals surface area (Å²) in [6, 6.07) is 8.14. The first-order chi connectivity index (χ1) is 10.8. The molecule has 1 aromatic carbocycles. The molecule has 0 aliphatic rings. The maximum Gasteiger partial charge on any atom is 0.210 e. The summed E-state index contributed by atoms with van der Waals surface area (Å²) in [5.41, 5.74) is 1.41. The molecule has 0 saturated heterocycles. The van der Waals surface area contributed by atoms with E-state index in [1.807, 2.05) is 12.1 Å². The van der Waals surface area contributed by atoms with E-state index in [2.05, 4.69) is 56.9 Å². The van der Waals surface area contributed by atoms with Gasteiger partial charge in [0.25, 0.3) is 0 Å². The van der Waals surface area contributed by atoms with Gasteiger partial charge in [-0.2, -0.15) is 0 Å². The Labute approximate surface area is 142 Å². The van der Waals surface area contributed by atoms with Crippen LogP contribution in [0.4, 0.5) is 0 Å². The van der Waals surface area contributed by atoms with Crippen molar-refractivity contribution in [1.29, 1.82) is 0 Å². The molecular formula is C17H26N4OS. The molecule has 0 aliphatic heterocycles. The van der Waals surface area contributed by atoms with Gasteiger partial charge in [0.15, 0.2) is 5.82 Å². The van der Waals surface area contributed by atoms with Crippen LogP contribution in [0.3, 0.4) is 0 Å². The zero-order valence-corrected chi connectivity index (χ0v) is 15.4. The zero-order chi connectivity index (χ0) is 17.0. The van der Waals surface area contributed by atoms with Gasteiger partial charge in [-0.1, -0.05) is 58.5 Å². The molecule has 0 saturated carbocycles. The minimum Gasteiger partial charge on any atom is -0.486 e. The van der Waals surface area contributed by atoms with Crippen molar-refractivity contribution in [1.82, 2.24) is 14.9 Å². The number of ether oxygens (including phenoxy) is 1. The van der Waals surface area contributed by atoms with Gasteiger partial charge < -0.3 is 10.6 Å². The van der Waals surface area contributed by atoms with Gasteiger partial charge in [-0.25, -0.2) is 4.68 Å². The Morgan fingerprint density at radius 3 is 2.43 bits per heavy atom. The molecule has 0 fully saturated rings. The summed E-state index contributed by atoms with van der Waals surface area (Å²) in [5.74, 6) is 7.47. The Morgan fingerprint density at radius 2 is 1.87 bits per heavy atom. The average Bonchev–Trinajstić information content (AvgIpc) is 2.85. The number of nitrogen functional groups attached to an aromatic ring is 1. The lowest BCUT2D eigenvalue weighted by molar-refractivity contribution is 0.291. The third kappa shape index (κ3) is 4.64. The van der Waals surface area contributed by atoms with E-state index in [1.165, 1.54) is 10.2 Å². The molecule has 1 aromatic heterocycles. The van der Waals surface area contributed by atoms with Crippen LogP contribution in [0.2, 0.25) is 0 Å². The monoisotopic (exact) mass is 334 g/mol. The molecule has 0 spiro atoms. The second-order valence-corrected chi connectivity index (χ2v) is 8.07. The average molecular weight is 334 g/mol. The lowest BCUT2D eigenvalue weighted by atomic mass is 9.87. The summed E-state index contributed by atoms with van der Waals surface area (Å²) in [6.07, 6.45) is 1.06. The van der Waals surface area contributed by atoms with Crippen molar-refractivity contribution in [3.63, 3.8) is 0 Å². The van der Waals surface area contributed by atoms with Crippen LogP contribution in [-0.4, -0.2) is 20.1 Å². The predicted octanol–water partition coefficient (Wildman–Crippen LogP) is 3.76. The van der Waals surface area contributed by atoms with Crippen LogP contribution in [0.15, 0.2) is 29.4 Å². The first-order valence-electron chi connectivity index (χ1n) is 7.90. The Balaban J connectivity index is 1.98. The van der Waals surface area contributed by atoms with Crippen LogP contribution < -0.4 is 10.6 Å². The van der Waals surface area contributed by atoms with Crippen LogP contribution in [0.5, 0.6) is 5.75 Å². The summed E-state index contributed by atoms with van der Waals surface area (Å²) in [7, 11) is 0. The number of hydrogen-bond donors (Lipinski definition) is 1. The zero-order valence-electron chi connectivity index (χ0n) is 14.5. The molecule has 0 radical (unpaired) electrons. The second-order valence-electron chi connectivity index (χ2n) is 6.67. The minimum atomic E-state index is 0.137. The van der Waals surface area contributed by atoms with Gasteiger partial charge in [0.1, 0.15) is 12.4 Å². The number of benzene rings is 1. The van der Waals surface area contributed by atoms with Crippen LogP contribution in [0.1, 0.15) is 52.4 Å². The molecule has 6 heteroatoms. The highest BCUT2D eigenvalue weighted by Gasteiger charge is 2.15. The molecule has 2 rings (SSSR count). The second kappa shape index (κ2) is 7.25. The maximum atomic E-state index is 6.04. The SMILES string of the molecule is CCC(C)Sc1nnc(COc2ccc(C(C)(C)C)cc2)n1N. The van der Waals surface area contributed by atoms with Gasteiger partial charge in [0.2, 0.25) is 5.16 Å². The molecular weight excluding hydrogens is 308 g/mol. The molecule has 2 N–H and O–H groups in total. The molecule has 0 aliphatic carbocycles. The summed E-state index contributed by atoms with van der Waals surface area (Å²) in [6.45, 7) is 11.2. The predicted molar refractivity (Wildman–Crippen MR) is 95.3 cm³/mol. The summed E-state index contributed by atoms with van der Waals surface area (Å²) < 4.78 is 7.29. The van der Waals surface area contributed by atoms with Crippen molar-refractivity contribution >= 4 is 11.8 Å². The van der Waals surface area contributed by atoms with Gasteiger partial charge in [-0.3, -0.25) is 0 Å². The molecule has 1 heterocycles. The van der Waals surface area contributed by atoms with Gasteiger partial charge >= 0.3 is 0 Å². The Morgan fingerprint density at radius 1 is 1.22 bits per heavy atom. The number of thioether (sulfide) groups is 1. The lowest BCUT2D eigenvalue weighted by Crippen LogP contribution is -2.16. The largest absolute Gasteiger partial charge is 0.486 e. The van der Waals surface area contributed by atoms with Crippen LogP contribution in [0, 0.1) is 0 Å². The van der Waals surface area contributed by atoms with Gasteiger partial charge in [0.05, 0.1) is 0 Å². The first kappa shape index (κ1) is 17.7. The number of aromatic nitrogens is 3. The molecule has 2 aromatic rings. The number of hydrogen-bond acceptors (Lipinski definition) is 5. The fourth-order valence-electron chi connectivity index (χ4n) is 1.95. The third-order valence-corrected chi connectivity index (χ3v) is 4.93. The summed E-state index contributed by atoms with van der Waals surface area (Å²) >= 11 is 1.63. The minimum absolute atomic E-state index is 0.137. The Bertz CT molecular complexity index is 631. The fraction of sp³-hybridized carbons (Fsp3) is 0.529. The molecule has 1 unspecified atom stereocenters. The van der Waals surface area contributed by atoms with E-state index in [1.54, 1.807) is 11.8 Å². The van der Waals surface area contributed by atoms with Crippen molar-refractivity contribution < 1.29 is 4.74 Å². The standard InChI is InChI=1S/C17H26N4OS/c1-6-12(2)23-16-20-19-15(21(16)18)11-22-14-9-7-13(8-10-14)17(3,4)5/h7-10,12H,6,11,18H2,1-5H3. The summed E-state index contributed by atoms with van der Waals surface area (Å²) in [4.78, 5) is 0. The van der Waals surface area contributed by atoms with Gasteiger partial charge in [0, 0.05) is 5.25 Å².